The number of aliphatic hydroxyl groups excluding tert-OH is 1. The highest BCUT2D eigenvalue weighted by atomic mass is 16.5. The summed E-state index contributed by atoms with van der Waals surface area (Å²) in [5.74, 6) is 0. The molecule has 0 spiro atoms. The quantitative estimate of drug-likeness (QED) is 0.563. The van der Waals surface area contributed by atoms with Crippen LogP contribution in [0, 0.1) is 11.3 Å². The van der Waals surface area contributed by atoms with Crippen molar-refractivity contribution in [1.29, 1.82) is 5.26 Å². The lowest BCUT2D eigenvalue weighted by Crippen LogP contribution is -2.16. The number of methoxy groups -OCH3 is 1. The highest BCUT2D eigenvalue weighted by Crippen LogP contribution is 1.93. The summed E-state index contributed by atoms with van der Waals surface area (Å²) in [5.41, 5.74) is 0. The Hall–Kier alpha value is -0.630. The van der Waals surface area contributed by atoms with Gasteiger partial charge in [0.05, 0.1) is 31.8 Å². The summed E-state index contributed by atoms with van der Waals surface area (Å²) in [7, 11) is 1.54. The molecule has 1 atom stereocenters. The molecule has 4 nitrogen and oxygen atoms in total. The Morgan fingerprint density at radius 3 is 2.83 bits per heavy atom. The fourth-order valence-corrected chi connectivity index (χ4v) is 0.715. The Morgan fingerprint density at radius 1 is 1.50 bits per heavy atom. The molecule has 0 aliphatic heterocycles. The first-order valence-electron chi connectivity index (χ1n) is 3.93. The highest BCUT2D eigenvalue weighted by molar-refractivity contribution is 4.67. The lowest BCUT2D eigenvalue weighted by molar-refractivity contribution is 0.0327. The minimum absolute atomic E-state index is 0.335. The van der Waals surface area contributed by atoms with Gasteiger partial charge in [0.25, 0.3) is 0 Å². The molecule has 12 heavy (non-hydrogen) atoms. The number of nitrogens with zero attached hydrogens (tertiary/aromatic N) is 1. The molecule has 0 aromatic rings. The minimum atomic E-state index is -0.461. The lowest BCUT2D eigenvalue weighted by Gasteiger charge is -2.08. The fourth-order valence-electron chi connectivity index (χ4n) is 0.715. The second kappa shape index (κ2) is 8.47. The molecule has 0 rings (SSSR count). The Morgan fingerprint density at radius 2 is 2.25 bits per heavy atom. The van der Waals surface area contributed by atoms with Gasteiger partial charge in [0, 0.05) is 13.7 Å². The van der Waals surface area contributed by atoms with Gasteiger partial charge in [-0.1, -0.05) is 0 Å². The molecule has 0 saturated heterocycles. The zero-order valence-electron chi connectivity index (χ0n) is 7.32. The molecule has 1 N–H and O–H groups in total. The molecule has 4 heteroatoms. The van der Waals surface area contributed by atoms with Crippen LogP contribution in [0.5, 0.6) is 0 Å². The maximum absolute atomic E-state index is 9.14. The molecular formula is C8H15NO3. The Kier molecular flexibility index (Phi) is 8.02. The summed E-state index contributed by atoms with van der Waals surface area (Å²) >= 11 is 0. The van der Waals surface area contributed by atoms with Gasteiger partial charge in [-0.15, -0.1) is 0 Å². The summed E-state index contributed by atoms with van der Waals surface area (Å²) < 4.78 is 9.78. The molecule has 1 unspecified atom stereocenters. The second-order valence-corrected chi connectivity index (χ2v) is 2.42. The van der Waals surface area contributed by atoms with Crippen LogP contribution in [-0.2, 0) is 9.47 Å². The van der Waals surface area contributed by atoms with Gasteiger partial charge in [-0.3, -0.25) is 0 Å². The first-order valence-corrected chi connectivity index (χ1v) is 3.93. The molecule has 0 aromatic carbocycles. The lowest BCUT2D eigenvalue weighted by atomic mass is 10.3. The van der Waals surface area contributed by atoms with Crippen LogP contribution >= 0.6 is 0 Å². The number of rotatable bonds is 7. The number of ether oxygens (including phenoxy) is 2. The third-order valence-electron chi connectivity index (χ3n) is 1.31. The van der Waals surface area contributed by atoms with Crippen LogP contribution in [0.1, 0.15) is 12.8 Å². The topological polar surface area (TPSA) is 62.5 Å². The van der Waals surface area contributed by atoms with Gasteiger partial charge >= 0.3 is 0 Å². The van der Waals surface area contributed by atoms with E-state index in [9.17, 15) is 0 Å². The van der Waals surface area contributed by atoms with Crippen LogP contribution < -0.4 is 0 Å². The molecular weight excluding hydrogens is 158 g/mol. The zero-order valence-corrected chi connectivity index (χ0v) is 7.32. The molecule has 0 aliphatic rings. The molecule has 0 bridgehead atoms. The minimum Gasteiger partial charge on any atom is -0.391 e. The molecule has 0 fully saturated rings. The van der Waals surface area contributed by atoms with Crippen LogP contribution in [0.3, 0.4) is 0 Å². The van der Waals surface area contributed by atoms with E-state index in [1.165, 1.54) is 0 Å². The van der Waals surface area contributed by atoms with E-state index >= 15 is 0 Å². The predicted molar refractivity (Wildman–Crippen MR) is 43.5 cm³/mol. The van der Waals surface area contributed by atoms with E-state index in [2.05, 4.69) is 0 Å². The van der Waals surface area contributed by atoms with Crippen molar-refractivity contribution in [2.24, 2.45) is 0 Å². The highest BCUT2D eigenvalue weighted by Gasteiger charge is 2.01. The first kappa shape index (κ1) is 11.4. The third kappa shape index (κ3) is 7.48. The molecule has 70 valence electrons. The van der Waals surface area contributed by atoms with Gasteiger partial charge in [-0.05, 0) is 6.42 Å². The first-order chi connectivity index (χ1) is 5.81. The standard InChI is InChI=1S/C8H15NO3/c1-11-7-8(10)3-6-12-5-2-4-9/h8,10H,2-3,5-7H2,1H3. The van der Waals surface area contributed by atoms with Gasteiger partial charge in [-0.25, -0.2) is 0 Å². The summed E-state index contributed by atoms with van der Waals surface area (Å²) in [6.45, 7) is 1.25. The Balaban J connectivity index is 3.04. The summed E-state index contributed by atoms with van der Waals surface area (Å²) in [5, 5.41) is 17.3. The number of hydrogen-bond acceptors (Lipinski definition) is 4. The van der Waals surface area contributed by atoms with E-state index in [1.54, 1.807) is 7.11 Å². The monoisotopic (exact) mass is 173 g/mol. The van der Waals surface area contributed by atoms with E-state index < -0.39 is 6.10 Å². The van der Waals surface area contributed by atoms with Crippen molar-refractivity contribution in [3.8, 4) is 6.07 Å². The maximum Gasteiger partial charge on any atom is 0.0795 e. The van der Waals surface area contributed by atoms with Crippen molar-refractivity contribution < 1.29 is 14.6 Å². The van der Waals surface area contributed by atoms with E-state index in [-0.39, 0.29) is 0 Å². The van der Waals surface area contributed by atoms with E-state index in [0.29, 0.717) is 32.7 Å². The summed E-state index contributed by atoms with van der Waals surface area (Å²) in [4.78, 5) is 0. The van der Waals surface area contributed by atoms with Gasteiger partial charge in [0.2, 0.25) is 0 Å². The number of aliphatic hydroxyl groups is 1. The summed E-state index contributed by atoms with van der Waals surface area (Å²) in [6, 6.07) is 1.97. The van der Waals surface area contributed by atoms with Crippen molar-refractivity contribution >= 4 is 0 Å². The average Bonchev–Trinajstić information content (AvgIpc) is 2.05. The molecule has 0 amide bonds. The molecule has 0 aliphatic carbocycles. The average molecular weight is 173 g/mol. The van der Waals surface area contributed by atoms with Crippen LogP contribution in [0.2, 0.25) is 0 Å². The largest absolute Gasteiger partial charge is 0.391 e. The van der Waals surface area contributed by atoms with Crippen molar-refractivity contribution in [2.75, 3.05) is 26.9 Å². The van der Waals surface area contributed by atoms with Crippen molar-refractivity contribution in [2.45, 2.75) is 18.9 Å². The Labute approximate surface area is 72.7 Å². The molecule has 0 aromatic heterocycles. The normalized spacial score (nSPS) is 12.4. The van der Waals surface area contributed by atoms with Crippen molar-refractivity contribution in [3.63, 3.8) is 0 Å². The van der Waals surface area contributed by atoms with Gasteiger partial charge in [0.15, 0.2) is 0 Å². The maximum atomic E-state index is 9.14. The SMILES string of the molecule is COCC(O)CCOCCC#N. The summed E-state index contributed by atoms with van der Waals surface area (Å²) in [6.07, 6.45) is 0.497. The Bertz CT molecular complexity index is 133. The molecule has 0 radical (unpaired) electrons. The zero-order chi connectivity index (χ0) is 9.23. The van der Waals surface area contributed by atoms with Gasteiger partial charge in [-0.2, -0.15) is 5.26 Å². The smallest absolute Gasteiger partial charge is 0.0795 e. The van der Waals surface area contributed by atoms with Crippen LogP contribution in [-0.4, -0.2) is 38.1 Å². The molecule has 0 heterocycles. The third-order valence-corrected chi connectivity index (χ3v) is 1.31. The van der Waals surface area contributed by atoms with Crippen LogP contribution in [0.15, 0.2) is 0 Å². The van der Waals surface area contributed by atoms with E-state index in [0.717, 1.165) is 0 Å². The van der Waals surface area contributed by atoms with Crippen molar-refractivity contribution in [1.82, 2.24) is 0 Å². The number of hydrogen-bond donors (Lipinski definition) is 1. The van der Waals surface area contributed by atoms with Gasteiger partial charge in [0.1, 0.15) is 0 Å². The van der Waals surface area contributed by atoms with Crippen molar-refractivity contribution in [3.05, 3.63) is 0 Å². The van der Waals surface area contributed by atoms with E-state index in [4.69, 9.17) is 19.8 Å². The molecule has 0 saturated carbocycles. The van der Waals surface area contributed by atoms with Crippen LogP contribution in [0.25, 0.3) is 0 Å². The predicted octanol–water partition coefficient (Wildman–Crippen LogP) is 0.314. The second-order valence-electron chi connectivity index (χ2n) is 2.42. The van der Waals surface area contributed by atoms with Gasteiger partial charge < -0.3 is 14.6 Å². The van der Waals surface area contributed by atoms with Crippen LogP contribution in [0.4, 0.5) is 0 Å². The van der Waals surface area contributed by atoms with E-state index in [1.807, 2.05) is 6.07 Å². The number of nitriles is 1. The fraction of sp³-hybridized carbons (Fsp3) is 0.875.